The fourth-order valence-corrected chi connectivity index (χ4v) is 12.2. The zero-order valence-corrected chi connectivity index (χ0v) is 60.4. The summed E-state index contributed by atoms with van der Waals surface area (Å²) in [6.07, 6.45) is 45.7. The van der Waals surface area contributed by atoms with Gasteiger partial charge in [-0.1, -0.05) is 305 Å². The lowest BCUT2D eigenvalue weighted by molar-refractivity contribution is -0.161. The molecule has 0 aliphatic heterocycles. The average Bonchev–Trinajstić information content (AvgIpc) is 2.81. The summed E-state index contributed by atoms with van der Waals surface area (Å²) in [5.74, 6) is 0.145. The normalized spacial score (nSPS) is 14.8. The minimum Gasteiger partial charge on any atom is -0.462 e. The van der Waals surface area contributed by atoms with E-state index in [-0.39, 0.29) is 25.7 Å². The molecule has 0 bridgehead atoms. The molecule has 4 unspecified atom stereocenters. The maximum absolute atomic E-state index is 13.0. The highest BCUT2D eigenvalue weighted by Gasteiger charge is 2.30. The lowest BCUT2D eigenvalue weighted by Crippen LogP contribution is -2.30. The van der Waals surface area contributed by atoms with E-state index in [1.54, 1.807) is 0 Å². The number of phosphoric acid groups is 2. The van der Waals surface area contributed by atoms with E-state index in [1.165, 1.54) is 161 Å². The van der Waals surface area contributed by atoms with E-state index in [4.69, 9.17) is 37.0 Å². The summed E-state index contributed by atoms with van der Waals surface area (Å²) in [6, 6.07) is 0. The molecule has 0 radical (unpaired) electrons. The van der Waals surface area contributed by atoms with Crippen molar-refractivity contribution in [3.05, 3.63) is 0 Å². The lowest BCUT2D eigenvalue weighted by Gasteiger charge is -2.21. The van der Waals surface area contributed by atoms with Crippen LogP contribution in [0.3, 0.4) is 0 Å². The van der Waals surface area contributed by atoms with Crippen LogP contribution in [0.2, 0.25) is 0 Å². The summed E-state index contributed by atoms with van der Waals surface area (Å²) in [5, 5.41) is 10.6. The molecular weight excluding hydrogens is 1190 g/mol. The van der Waals surface area contributed by atoms with Gasteiger partial charge in [-0.15, -0.1) is 0 Å². The molecule has 17 nitrogen and oxygen atoms in total. The van der Waals surface area contributed by atoms with Crippen molar-refractivity contribution in [2.75, 3.05) is 39.6 Å². The standard InChI is InChI=1S/C71H138O17P2/c1-8-11-12-13-14-15-16-17-18-19-25-30-38-45-52-68(73)81-58-66(87-70(75)54-47-40-31-26-21-20-24-29-36-43-50-63(6)9-2)60-85-89(77,78)83-56-65(72)57-84-90(79,80)86-61-67(59-82-69(74)53-46-39-34-33-37-44-51-64(7)10-3)88-71(76)55-48-41-32-27-22-23-28-35-42-49-62(4)5/h62-67,72H,8-61H2,1-7H3,(H,77,78)(H,79,80)/t63?,64?,65-,66-,67-/m1/s1. The van der Waals surface area contributed by atoms with Gasteiger partial charge in [0.1, 0.15) is 19.3 Å². The van der Waals surface area contributed by atoms with Gasteiger partial charge in [0.25, 0.3) is 0 Å². The second-order valence-corrected chi connectivity index (χ2v) is 29.5. The summed E-state index contributed by atoms with van der Waals surface area (Å²) in [7, 11) is -9.90. The van der Waals surface area contributed by atoms with E-state index in [1.807, 2.05) is 0 Å². The Kier molecular flexibility index (Phi) is 60.6. The van der Waals surface area contributed by atoms with Crippen molar-refractivity contribution >= 4 is 39.5 Å². The lowest BCUT2D eigenvalue weighted by atomic mass is 9.99. The molecule has 0 rings (SSSR count). The van der Waals surface area contributed by atoms with E-state index in [0.29, 0.717) is 25.7 Å². The van der Waals surface area contributed by atoms with Crippen LogP contribution in [0.4, 0.5) is 0 Å². The van der Waals surface area contributed by atoms with Crippen molar-refractivity contribution in [1.82, 2.24) is 0 Å². The Labute approximate surface area is 549 Å². The molecule has 0 saturated carbocycles. The van der Waals surface area contributed by atoms with Crippen LogP contribution < -0.4 is 0 Å². The summed E-state index contributed by atoms with van der Waals surface area (Å²) >= 11 is 0. The van der Waals surface area contributed by atoms with E-state index in [9.17, 15) is 43.2 Å². The van der Waals surface area contributed by atoms with Gasteiger partial charge in [0, 0.05) is 25.7 Å². The monoisotopic (exact) mass is 1320 g/mol. The average molecular weight is 1330 g/mol. The molecule has 0 spiro atoms. The van der Waals surface area contributed by atoms with Crippen LogP contribution >= 0.6 is 15.6 Å². The first-order chi connectivity index (χ1) is 43.3. The minimum absolute atomic E-state index is 0.104. The van der Waals surface area contributed by atoms with Crippen molar-refractivity contribution in [3.63, 3.8) is 0 Å². The summed E-state index contributed by atoms with van der Waals surface area (Å²) in [5.41, 5.74) is 0. The van der Waals surface area contributed by atoms with Crippen molar-refractivity contribution in [2.45, 2.75) is 375 Å². The summed E-state index contributed by atoms with van der Waals surface area (Å²) in [6.45, 7) is 11.8. The van der Waals surface area contributed by atoms with Crippen LogP contribution in [0.25, 0.3) is 0 Å². The molecular formula is C71H138O17P2. The number of rotatable bonds is 69. The Balaban J connectivity index is 5.27. The number of ether oxygens (including phenoxy) is 4. The van der Waals surface area contributed by atoms with Crippen LogP contribution in [0, 0.1) is 17.8 Å². The SMILES string of the molecule is CCCCCCCCCCCCCCCCC(=O)OC[C@H](COP(=O)(O)OC[C@@H](O)COP(=O)(O)OC[C@@H](COC(=O)CCCCCCCCC(C)CC)OC(=O)CCCCCCCCCCCC(C)C)OC(=O)CCCCCCCCCCCCC(C)CC. The van der Waals surface area contributed by atoms with Gasteiger partial charge in [-0.05, 0) is 43.4 Å². The Bertz CT molecular complexity index is 1770. The minimum atomic E-state index is -4.95. The molecule has 0 aromatic heterocycles. The van der Waals surface area contributed by atoms with Gasteiger partial charge in [0.15, 0.2) is 12.2 Å². The second-order valence-electron chi connectivity index (χ2n) is 26.6. The Morgan fingerprint density at radius 1 is 0.322 bits per heavy atom. The summed E-state index contributed by atoms with van der Waals surface area (Å²) < 4.78 is 68.3. The first kappa shape index (κ1) is 88.1. The highest BCUT2D eigenvalue weighted by molar-refractivity contribution is 7.47. The van der Waals surface area contributed by atoms with Crippen LogP contribution in [-0.2, 0) is 65.4 Å². The molecule has 0 amide bonds. The molecule has 90 heavy (non-hydrogen) atoms. The van der Waals surface area contributed by atoms with Gasteiger partial charge in [-0.3, -0.25) is 37.3 Å². The Hall–Kier alpha value is -1.94. The van der Waals surface area contributed by atoms with Crippen molar-refractivity contribution in [2.24, 2.45) is 17.8 Å². The van der Waals surface area contributed by atoms with Gasteiger partial charge >= 0.3 is 39.5 Å². The topological polar surface area (TPSA) is 237 Å². The third kappa shape index (κ3) is 62.2. The van der Waals surface area contributed by atoms with E-state index in [2.05, 4.69) is 48.5 Å². The number of phosphoric ester groups is 2. The first-order valence-electron chi connectivity index (χ1n) is 36.9. The summed E-state index contributed by atoms with van der Waals surface area (Å²) in [4.78, 5) is 72.6. The zero-order chi connectivity index (χ0) is 66.6. The quantitative estimate of drug-likeness (QED) is 0.0222. The number of hydrogen-bond donors (Lipinski definition) is 3. The van der Waals surface area contributed by atoms with Gasteiger partial charge in [-0.25, -0.2) is 9.13 Å². The third-order valence-electron chi connectivity index (χ3n) is 17.1. The maximum Gasteiger partial charge on any atom is 0.472 e. The van der Waals surface area contributed by atoms with Crippen LogP contribution in [-0.4, -0.2) is 96.7 Å². The number of hydrogen-bond acceptors (Lipinski definition) is 15. The molecule has 0 aromatic rings. The molecule has 0 aliphatic carbocycles. The Morgan fingerprint density at radius 2 is 0.567 bits per heavy atom. The second kappa shape index (κ2) is 61.9. The molecule has 0 aromatic carbocycles. The number of unbranched alkanes of at least 4 members (excludes halogenated alkanes) is 35. The number of esters is 4. The van der Waals surface area contributed by atoms with Gasteiger partial charge in [-0.2, -0.15) is 0 Å². The molecule has 0 aliphatic rings. The number of aliphatic hydroxyl groups excluding tert-OH is 1. The molecule has 534 valence electrons. The number of carbonyl (C=O) groups is 4. The molecule has 19 heteroatoms. The van der Waals surface area contributed by atoms with Crippen LogP contribution in [0.1, 0.15) is 357 Å². The van der Waals surface area contributed by atoms with Crippen LogP contribution in [0.5, 0.6) is 0 Å². The van der Waals surface area contributed by atoms with Gasteiger partial charge < -0.3 is 33.8 Å². The number of carbonyl (C=O) groups excluding carboxylic acids is 4. The zero-order valence-electron chi connectivity index (χ0n) is 58.6. The fraction of sp³-hybridized carbons (Fsp3) is 0.944. The third-order valence-corrected chi connectivity index (χ3v) is 19.0. The van der Waals surface area contributed by atoms with Crippen molar-refractivity contribution in [1.29, 1.82) is 0 Å². The number of aliphatic hydroxyl groups is 1. The first-order valence-corrected chi connectivity index (χ1v) is 39.9. The highest BCUT2D eigenvalue weighted by atomic mass is 31.2. The van der Waals surface area contributed by atoms with Gasteiger partial charge in [0.05, 0.1) is 26.4 Å². The fourth-order valence-electron chi connectivity index (χ4n) is 10.7. The predicted molar refractivity (Wildman–Crippen MR) is 363 cm³/mol. The maximum atomic E-state index is 13.0. The smallest absolute Gasteiger partial charge is 0.462 e. The molecule has 3 N–H and O–H groups in total. The molecule has 0 saturated heterocycles. The van der Waals surface area contributed by atoms with Crippen molar-refractivity contribution < 1.29 is 80.2 Å². The van der Waals surface area contributed by atoms with Crippen LogP contribution in [0.15, 0.2) is 0 Å². The predicted octanol–water partition coefficient (Wildman–Crippen LogP) is 20.2. The molecule has 7 atom stereocenters. The molecule has 0 heterocycles. The van der Waals surface area contributed by atoms with E-state index < -0.39 is 97.5 Å². The van der Waals surface area contributed by atoms with E-state index in [0.717, 1.165) is 114 Å². The molecule has 0 fully saturated rings. The Morgan fingerprint density at radius 3 is 0.844 bits per heavy atom. The van der Waals surface area contributed by atoms with Crippen molar-refractivity contribution in [3.8, 4) is 0 Å². The van der Waals surface area contributed by atoms with Gasteiger partial charge in [0.2, 0.25) is 0 Å². The van der Waals surface area contributed by atoms with E-state index >= 15 is 0 Å². The highest BCUT2D eigenvalue weighted by Crippen LogP contribution is 2.45. The largest absolute Gasteiger partial charge is 0.472 e.